The van der Waals surface area contributed by atoms with Crippen LogP contribution >= 0.6 is 27.5 Å². The summed E-state index contributed by atoms with van der Waals surface area (Å²) in [6.45, 7) is 0. The molecule has 0 saturated carbocycles. The average Bonchev–Trinajstić information content (AvgIpc) is 2.48. The molecule has 2 rings (SSSR count). The van der Waals surface area contributed by atoms with Gasteiger partial charge in [-0.2, -0.15) is 4.98 Å². The molecule has 1 unspecified atom stereocenters. The molecule has 0 bridgehead atoms. The van der Waals surface area contributed by atoms with Crippen LogP contribution in [0.25, 0.3) is 0 Å². The highest BCUT2D eigenvalue weighted by Crippen LogP contribution is 2.32. The lowest BCUT2D eigenvalue weighted by Crippen LogP contribution is -2.16. The molecule has 1 aromatic heterocycles. The van der Waals surface area contributed by atoms with Crippen molar-refractivity contribution in [1.29, 1.82) is 0 Å². The van der Waals surface area contributed by atoms with Crippen molar-refractivity contribution in [3.63, 3.8) is 0 Å². The van der Waals surface area contributed by atoms with Gasteiger partial charge in [-0.05, 0) is 23.8 Å². The molecular weight excluding hydrogens is 346 g/mol. The van der Waals surface area contributed by atoms with E-state index in [2.05, 4.69) is 25.9 Å². The summed E-state index contributed by atoms with van der Waals surface area (Å²) < 4.78 is 11.1. The van der Waals surface area contributed by atoms with Gasteiger partial charge in [0.05, 0.1) is 26.5 Å². The zero-order valence-corrected chi connectivity index (χ0v) is 13.3. The van der Waals surface area contributed by atoms with Gasteiger partial charge in [0.15, 0.2) is 0 Å². The molecule has 0 spiro atoms. The third kappa shape index (κ3) is 3.03. The quantitative estimate of drug-likeness (QED) is 0.910. The summed E-state index contributed by atoms with van der Waals surface area (Å²) in [5, 5.41) is 0.596. The maximum atomic E-state index is 6.24. The molecule has 20 heavy (non-hydrogen) atoms. The first kappa shape index (κ1) is 15.0. The summed E-state index contributed by atoms with van der Waals surface area (Å²) in [5.74, 6) is 0.687. The fourth-order valence-corrected chi connectivity index (χ4v) is 2.40. The molecule has 0 radical (unpaired) electrons. The Morgan fingerprint density at radius 1 is 1.30 bits per heavy atom. The van der Waals surface area contributed by atoms with Crippen LogP contribution in [0.3, 0.4) is 0 Å². The van der Waals surface area contributed by atoms with Crippen molar-refractivity contribution in [2.45, 2.75) is 6.04 Å². The van der Waals surface area contributed by atoms with Crippen molar-refractivity contribution in [3.8, 4) is 11.8 Å². The Balaban J connectivity index is 2.47. The molecule has 0 fully saturated rings. The van der Waals surface area contributed by atoms with Crippen LogP contribution in [-0.4, -0.2) is 24.2 Å². The van der Waals surface area contributed by atoms with E-state index in [1.54, 1.807) is 12.1 Å². The zero-order chi connectivity index (χ0) is 14.7. The molecule has 0 aliphatic heterocycles. The van der Waals surface area contributed by atoms with E-state index in [0.717, 1.165) is 10.0 Å². The molecule has 0 amide bonds. The van der Waals surface area contributed by atoms with Crippen LogP contribution in [-0.2, 0) is 0 Å². The summed E-state index contributed by atoms with van der Waals surface area (Å²) in [6.07, 6.45) is 1.50. The van der Waals surface area contributed by atoms with E-state index in [9.17, 15) is 0 Å². The largest absolute Gasteiger partial charge is 0.480 e. The van der Waals surface area contributed by atoms with Gasteiger partial charge >= 0.3 is 0 Å². The topological polar surface area (TPSA) is 70.3 Å². The minimum absolute atomic E-state index is 0.323. The van der Waals surface area contributed by atoms with Crippen molar-refractivity contribution in [2.24, 2.45) is 5.73 Å². The smallest absolute Gasteiger partial charge is 0.240 e. The monoisotopic (exact) mass is 357 g/mol. The van der Waals surface area contributed by atoms with Gasteiger partial charge in [-0.15, -0.1) is 0 Å². The van der Waals surface area contributed by atoms with Gasteiger partial charge < -0.3 is 15.2 Å². The van der Waals surface area contributed by atoms with Crippen molar-refractivity contribution in [2.75, 3.05) is 14.2 Å². The number of benzene rings is 1. The van der Waals surface area contributed by atoms with E-state index in [4.69, 9.17) is 26.8 Å². The van der Waals surface area contributed by atoms with E-state index in [-0.39, 0.29) is 0 Å². The normalized spacial score (nSPS) is 12.1. The molecule has 0 saturated heterocycles. The molecule has 5 nitrogen and oxygen atoms in total. The van der Waals surface area contributed by atoms with Gasteiger partial charge in [0, 0.05) is 9.50 Å². The molecular formula is C13H13BrClN3O2. The standard InChI is InChI=1S/C13H13BrClN3O2/c1-19-10-6-17-12(13(18-10)20-2)11(16)8-5-7(15)3-4-9(8)14/h3-6,11H,16H2,1-2H3. The first-order chi connectivity index (χ1) is 9.56. The molecule has 7 heteroatoms. The second kappa shape index (κ2) is 6.39. The molecule has 1 atom stereocenters. The number of nitrogens with zero attached hydrogens (tertiary/aromatic N) is 2. The number of methoxy groups -OCH3 is 2. The summed E-state index contributed by atoms with van der Waals surface area (Å²) in [5.41, 5.74) is 7.55. The second-order valence-corrected chi connectivity index (χ2v) is 5.24. The Labute approximate surface area is 130 Å². The highest BCUT2D eigenvalue weighted by Gasteiger charge is 2.20. The average molecular weight is 359 g/mol. The maximum absolute atomic E-state index is 6.24. The summed E-state index contributed by atoms with van der Waals surface area (Å²) in [7, 11) is 3.02. The lowest BCUT2D eigenvalue weighted by atomic mass is 10.0. The van der Waals surface area contributed by atoms with Crippen molar-refractivity contribution < 1.29 is 9.47 Å². The maximum Gasteiger partial charge on any atom is 0.240 e. The molecule has 2 aromatic rings. The Hall–Kier alpha value is -1.37. The fraction of sp³-hybridized carbons (Fsp3) is 0.231. The Kier molecular flexibility index (Phi) is 4.80. The minimum Gasteiger partial charge on any atom is -0.480 e. The summed E-state index contributed by atoms with van der Waals surface area (Å²) in [6, 6.07) is 4.87. The zero-order valence-electron chi connectivity index (χ0n) is 10.9. The van der Waals surface area contributed by atoms with Crippen molar-refractivity contribution in [1.82, 2.24) is 9.97 Å². The van der Waals surface area contributed by atoms with Crippen LogP contribution in [0.5, 0.6) is 11.8 Å². The highest BCUT2D eigenvalue weighted by atomic mass is 79.9. The second-order valence-electron chi connectivity index (χ2n) is 3.95. The number of aromatic nitrogens is 2. The molecule has 0 aliphatic carbocycles. The van der Waals surface area contributed by atoms with Crippen LogP contribution < -0.4 is 15.2 Å². The third-order valence-electron chi connectivity index (χ3n) is 2.74. The number of rotatable bonds is 4. The van der Waals surface area contributed by atoms with E-state index in [1.165, 1.54) is 20.4 Å². The van der Waals surface area contributed by atoms with Gasteiger partial charge in [-0.1, -0.05) is 27.5 Å². The number of nitrogens with two attached hydrogens (primary N) is 1. The van der Waals surface area contributed by atoms with Crippen LogP contribution in [0.15, 0.2) is 28.9 Å². The van der Waals surface area contributed by atoms with Crippen LogP contribution in [0.1, 0.15) is 17.3 Å². The molecule has 106 valence electrons. The first-order valence-corrected chi connectivity index (χ1v) is 6.89. The van der Waals surface area contributed by atoms with Crippen LogP contribution in [0.2, 0.25) is 5.02 Å². The van der Waals surface area contributed by atoms with Crippen molar-refractivity contribution >= 4 is 27.5 Å². The number of ether oxygens (including phenoxy) is 2. The molecule has 1 aromatic carbocycles. The van der Waals surface area contributed by atoms with Crippen LogP contribution in [0.4, 0.5) is 0 Å². The number of hydrogen-bond acceptors (Lipinski definition) is 5. The Morgan fingerprint density at radius 2 is 2.05 bits per heavy atom. The van der Waals surface area contributed by atoms with Crippen molar-refractivity contribution in [3.05, 3.63) is 45.1 Å². The summed E-state index contributed by atoms with van der Waals surface area (Å²) >= 11 is 9.46. The lowest BCUT2D eigenvalue weighted by Gasteiger charge is -2.16. The molecule has 1 heterocycles. The SMILES string of the molecule is COc1cnc(C(N)c2cc(Cl)ccc2Br)c(OC)n1. The van der Waals surface area contributed by atoms with E-state index in [1.807, 2.05) is 6.07 Å². The van der Waals surface area contributed by atoms with E-state index in [0.29, 0.717) is 22.5 Å². The predicted molar refractivity (Wildman–Crippen MR) is 80.3 cm³/mol. The van der Waals surface area contributed by atoms with E-state index >= 15 is 0 Å². The summed E-state index contributed by atoms with van der Waals surface area (Å²) in [4.78, 5) is 8.44. The predicted octanol–water partition coefficient (Wildman–Crippen LogP) is 2.96. The fourth-order valence-electron chi connectivity index (χ4n) is 1.73. The Bertz CT molecular complexity index is 625. The van der Waals surface area contributed by atoms with Gasteiger partial charge in [0.2, 0.25) is 11.8 Å². The van der Waals surface area contributed by atoms with Crippen LogP contribution in [0, 0.1) is 0 Å². The van der Waals surface area contributed by atoms with Gasteiger partial charge in [-0.25, -0.2) is 4.98 Å². The number of hydrogen-bond donors (Lipinski definition) is 1. The third-order valence-corrected chi connectivity index (χ3v) is 3.69. The van der Waals surface area contributed by atoms with E-state index < -0.39 is 6.04 Å². The minimum atomic E-state index is -0.517. The van der Waals surface area contributed by atoms with Gasteiger partial charge in [0.1, 0.15) is 5.69 Å². The highest BCUT2D eigenvalue weighted by molar-refractivity contribution is 9.10. The Morgan fingerprint density at radius 3 is 2.70 bits per heavy atom. The molecule has 2 N–H and O–H groups in total. The lowest BCUT2D eigenvalue weighted by molar-refractivity contribution is 0.355. The number of halogens is 2. The first-order valence-electron chi connectivity index (χ1n) is 5.72. The van der Waals surface area contributed by atoms with Gasteiger partial charge in [-0.3, -0.25) is 0 Å². The van der Waals surface area contributed by atoms with Gasteiger partial charge in [0.25, 0.3) is 0 Å². The molecule has 0 aliphatic rings.